The van der Waals surface area contributed by atoms with E-state index in [0.717, 1.165) is 16.4 Å². The predicted molar refractivity (Wildman–Crippen MR) is 82.8 cm³/mol. The molecule has 0 radical (unpaired) electrons. The molecule has 1 N–H and O–H groups in total. The molecule has 0 aliphatic rings. The number of rotatable bonds is 4. The molecule has 0 aromatic carbocycles. The molecule has 0 unspecified atom stereocenters. The van der Waals surface area contributed by atoms with E-state index < -0.39 is 0 Å². The zero-order valence-electron chi connectivity index (χ0n) is 12.5. The molecule has 0 spiro atoms. The molecule has 0 aliphatic heterocycles. The second-order valence-corrected chi connectivity index (χ2v) is 6.22. The van der Waals surface area contributed by atoms with Gasteiger partial charge in [0.05, 0.1) is 0 Å². The minimum absolute atomic E-state index is 0.0487. The van der Waals surface area contributed by atoms with Gasteiger partial charge in [-0.3, -0.25) is 14.9 Å². The highest BCUT2D eigenvalue weighted by molar-refractivity contribution is 7.15. The number of pyridine rings is 1. The lowest BCUT2D eigenvalue weighted by atomic mass is 10.2. The average molecular weight is 306 g/mol. The minimum Gasteiger partial charge on any atom is -0.340 e. The number of hydrogen-bond donors (Lipinski definition) is 1. The van der Waals surface area contributed by atoms with Gasteiger partial charge in [0.1, 0.15) is 11.6 Å². The first-order chi connectivity index (χ1) is 9.86. The van der Waals surface area contributed by atoms with Crippen LogP contribution in [-0.2, 0) is 11.3 Å². The van der Waals surface area contributed by atoms with E-state index in [1.807, 2.05) is 27.7 Å². The normalized spacial score (nSPS) is 10.9. The van der Waals surface area contributed by atoms with E-state index >= 15 is 0 Å². The van der Waals surface area contributed by atoms with Crippen LogP contribution in [0, 0.1) is 13.8 Å². The number of carbonyl (C=O) groups excluding carboxylic acids is 1. The van der Waals surface area contributed by atoms with E-state index in [1.54, 1.807) is 4.57 Å². The fourth-order valence-corrected chi connectivity index (χ4v) is 2.72. The standard InChI is InChI=1S/C14H18N4O2S/c1-8(2)13-16-17-14(21-13)15-12(20)7-18-9(3)5-11(19)6-10(18)4/h5-6,8H,7H2,1-4H3,(H,15,17,20). The largest absolute Gasteiger partial charge is 0.340 e. The zero-order chi connectivity index (χ0) is 15.6. The molecule has 2 aromatic rings. The van der Waals surface area contributed by atoms with Gasteiger partial charge in [0.2, 0.25) is 11.0 Å². The molecule has 0 fully saturated rings. The molecule has 0 aliphatic carbocycles. The molecule has 0 saturated carbocycles. The fourth-order valence-electron chi connectivity index (χ4n) is 1.96. The van der Waals surface area contributed by atoms with Crippen LogP contribution in [0.15, 0.2) is 16.9 Å². The maximum Gasteiger partial charge on any atom is 0.246 e. The molecular formula is C14H18N4O2S. The lowest BCUT2D eigenvalue weighted by Gasteiger charge is -2.13. The van der Waals surface area contributed by atoms with Gasteiger partial charge in [0.25, 0.3) is 0 Å². The fraction of sp³-hybridized carbons (Fsp3) is 0.429. The minimum atomic E-state index is -0.184. The number of carbonyl (C=O) groups is 1. The van der Waals surface area contributed by atoms with E-state index in [1.165, 1.54) is 23.5 Å². The molecule has 2 aromatic heterocycles. The molecule has 7 heteroatoms. The number of aryl methyl sites for hydroxylation is 2. The Bertz CT molecular complexity index is 692. The van der Waals surface area contributed by atoms with E-state index in [4.69, 9.17) is 0 Å². The van der Waals surface area contributed by atoms with Crippen molar-refractivity contribution in [2.75, 3.05) is 5.32 Å². The summed E-state index contributed by atoms with van der Waals surface area (Å²) in [5.41, 5.74) is 1.47. The molecule has 6 nitrogen and oxygen atoms in total. The van der Waals surface area contributed by atoms with Crippen molar-refractivity contribution >= 4 is 22.4 Å². The first kappa shape index (κ1) is 15.4. The summed E-state index contributed by atoms with van der Waals surface area (Å²) in [7, 11) is 0. The topological polar surface area (TPSA) is 76.9 Å². The lowest BCUT2D eigenvalue weighted by Crippen LogP contribution is -2.23. The second-order valence-electron chi connectivity index (χ2n) is 5.21. The third kappa shape index (κ3) is 3.75. The molecule has 112 valence electrons. The maximum absolute atomic E-state index is 12.1. The Balaban J connectivity index is 2.10. The smallest absolute Gasteiger partial charge is 0.246 e. The summed E-state index contributed by atoms with van der Waals surface area (Å²) in [6, 6.07) is 3.03. The summed E-state index contributed by atoms with van der Waals surface area (Å²) in [5, 5.41) is 12.1. The molecular weight excluding hydrogens is 288 g/mol. The summed E-state index contributed by atoms with van der Waals surface area (Å²) in [5.74, 6) is 0.105. The van der Waals surface area contributed by atoms with Crippen molar-refractivity contribution in [3.63, 3.8) is 0 Å². The summed E-state index contributed by atoms with van der Waals surface area (Å²) < 4.78 is 1.79. The van der Waals surface area contributed by atoms with Gasteiger partial charge in [-0.2, -0.15) is 0 Å². The Labute approximate surface area is 126 Å². The van der Waals surface area contributed by atoms with Crippen molar-refractivity contribution in [3.8, 4) is 0 Å². The van der Waals surface area contributed by atoms with Crippen LogP contribution in [0.3, 0.4) is 0 Å². The Hall–Kier alpha value is -2.02. The number of hydrogen-bond acceptors (Lipinski definition) is 5. The molecule has 0 bridgehead atoms. The summed E-state index contributed by atoms with van der Waals surface area (Å²) >= 11 is 1.38. The molecule has 0 saturated heterocycles. The van der Waals surface area contributed by atoms with Crippen molar-refractivity contribution < 1.29 is 4.79 Å². The Morgan fingerprint density at radius 1 is 1.29 bits per heavy atom. The van der Waals surface area contributed by atoms with Crippen molar-refractivity contribution in [2.24, 2.45) is 0 Å². The van der Waals surface area contributed by atoms with Crippen LogP contribution < -0.4 is 10.7 Å². The van der Waals surface area contributed by atoms with Crippen LogP contribution in [0.1, 0.15) is 36.2 Å². The van der Waals surface area contributed by atoms with Gasteiger partial charge in [0, 0.05) is 29.4 Å². The van der Waals surface area contributed by atoms with Crippen molar-refractivity contribution in [2.45, 2.75) is 40.2 Å². The highest BCUT2D eigenvalue weighted by Crippen LogP contribution is 2.22. The number of amides is 1. The van der Waals surface area contributed by atoms with Crippen molar-refractivity contribution in [1.82, 2.24) is 14.8 Å². The molecule has 21 heavy (non-hydrogen) atoms. The predicted octanol–water partition coefficient (Wildman–Crippen LogP) is 2.08. The highest BCUT2D eigenvalue weighted by atomic mass is 32.1. The molecule has 2 rings (SSSR count). The number of nitrogens with one attached hydrogen (secondary N) is 1. The number of anilines is 1. The Kier molecular flexibility index (Phi) is 4.52. The van der Waals surface area contributed by atoms with Crippen molar-refractivity contribution in [1.29, 1.82) is 0 Å². The van der Waals surface area contributed by atoms with Crippen LogP contribution in [0.4, 0.5) is 5.13 Å². The number of aromatic nitrogens is 3. The maximum atomic E-state index is 12.1. The van der Waals surface area contributed by atoms with Crippen molar-refractivity contribution in [3.05, 3.63) is 38.8 Å². The molecule has 2 heterocycles. The van der Waals surface area contributed by atoms with Gasteiger partial charge in [-0.15, -0.1) is 10.2 Å². The SMILES string of the molecule is Cc1cc(=O)cc(C)n1CC(=O)Nc1nnc(C(C)C)s1. The van der Waals surface area contributed by atoms with Gasteiger partial charge in [0.15, 0.2) is 5.43 Å². The van der Waals surface area contributed by atoms with Gasteiger partial charge in [-0.05, 0) is 13.8 Å². The lowest BCUT2D eigenvalue weighted by molar-refractivity contribution is -0.116. The molecule has 1 amide bonds. The van der Waals surface area contributed by atoms with Crippen LogP contribution in [-0.4, -0.2) is 20.7 Å². The third-order valence-corrected chi connectivity index (χ3v) is 4.18. The monoisotopic (exact) mass is 306 g/mol. The summed E-state index contributed by atoms with van der Waals surface area (Å²) in [6.07, 6.45) is 0. The van der Waals surface area contributed by atoms with Gasteiger partial charge in [-0.1, -0.05) is 25.2 Å². The van der Waals surface area contributed by atoms with E-state index in [0.29, 0.717) is 5.13 Å². The summed E-state index contributed by atoms with van der Waals surface area (Å²) in [6.45, 7) is 7.82. The summed E-state index contributed by atoms with van der Waals surface area (Å²) in [4.78, 5) is 23.5. The van der Waals surface area contributed by atoms with Crippen LogP contribution in [0.25, 0.3) is 0 Å². The van der Waals surface area contributed by atoms with Crippen LogP contribution in [0.5, 0.6) is 0 Å². The van der Waals surface area contributed by atoms with Gasteiger partial charge in [-0.25, -0.2) is 0 Å². The Morgan fingerprint density at radius 2 is 1.90 bits per heavy atom. The van der Waals surface area contributed by atoms with Crippen LogP contribution >= 0.6 is 11.3 Å². The second kappa shape index (κ2) is 6.17. The highest BCUT2D eigenvalue weighted by Gasteiger charge is 2.12. The van der Waals surface area contributed by atoms with Gasteiger partial charge >= 0.3 is 0 Å². The quantitative estimate of drug-likeness (QED) is 0.938. The van der Waals surface area contributed by atoms with Crippen LogP contribution in [0.2, 0.25) is 0 Å². The molecule has 0 atom stereocenters. The van der Waals surface area contributed by atoms with E-state index in [-0.39, 0.29) is 23.8 Å². The van der Waals surface area contributed by atoms with E-state index in [2.05, 4.69) is 15.5 Å². The first-order valence-electron chi connectivity index (χ1n) is 6.68. The number of nitrogens with zero attached hydrogens (tertiary/aromatic N) is 3. The third-order valence-electron chi connectivity index (χ3n) is 3.04. The zero-order valence-corrected chi connectivity index (χ0v) is 13.3. The van der Waals surface area contributed by atoms with Gasteiger partial charge < -0.3 is 4.57 Å². The first-order valence-corrected chi connectivity index (χ1v) is 7.50. The average Bonchev–Trinajstić information content (AvgIpc) is 2.82. The van der Waals surface area contributed by atoms with E-state index in [9.17, 15) is 9.59 Å². The Morgan fingerprint density at radius 3 is 2.43 bits per heavy atom.